The van der Waals surface area contributed by atoms with Crippen molar-refractivity contribution in [3.63, 3.8) is 0 Å². The minimum atomic E-state index is -3.43. The number of benzene rings is 1. The molecule has 1 fully saturated rings. The number of rotatable bonds is 12. The fourth-order valence-electron chi connectivity index (χ4n) is 4.05. The number of aliphatic carboxylic acids is 1. The molecule has 1 aliphatic rings. The van der Waals surface area contributed by atoms with E-state index in [1.807, 2.05) is 6.92 Å². The van der Waals surface area contributed by atoms with Gasteiger partial charge in [0, 0.05) is 39.0 Å². The number of hydrogen-bond donors (Lipinski definition) is 4. The first-order valence-corrected chi connectivity index (χ1v) is 13.0. The molecule has 0 bridgehead atoms. The van der Waals surface area contributed by atoms with Crippen LogP contribution in [0.25, 0.3) is 0 Å². The van der Waals surface area contributed by atoms with Gasteiger partial charge in [0.1, 0.15) is 5.54 Å². The summed E-state index contributed by atoms with van der Waals surface area (Å²) >= 11 is 0. The van der Waals surface area contributed by atoms with E-state index in [1.165, 1.54) is 12.1 Å². The fourth-order valence-corrected chi connectivity index (χ4v) is 4.71. The van der Waals surface area contributed by atoms with Crippen molar-refractivity contribution >= 4 is 28.4 Å². The molecule has 1 heterocycles. The lowest BCUT2D eigenvalue weighted by Gasteiger charge is -2.35. The first-order chi connectivity index (χ1) is 15.0. The van der Waals surface area contributed by atoms with Crippen LogP contribution in [0.4, 0.5) is 0 Å². The predicted molar refractivity (Wildman–Crippen MR) is 124 cm³/mol. The maximum absolute atomic E-state index is 11.8. The molecular weight excluding hydrogens is 433 g/mol. The molecule has 0 aliphatic carbocycles. The minimum Gasteiger partial charge on any atom is -0.480 e. The molecule has 1 saturated heterocycles. The van der Waals surface area contributed by atoms with Crippen LogP contribution >= 0.6 is 0 Å². The Bertz CT molecular complexity index is 874. The van der Waals surface area contributed by atoms with E-state index in [0.29, 0.717) is 24.9 Å². The van der Waals surface area contributed by atoms with Crippen molar-refractivity contribution in [2.24, 2.45) is 5.73 Å². The van der Waals surface area contributed by atoms with Crippen molar-refractivity contribution in [2.75, 3.05) is 39.0 Å². The van der Waals surface area contributed by atoms with Gasteiger partial charge in [-0.3, -0.25) is 9.69 Å². The van der Waals surface area contributed by atoms with Crippen molar-refractivity contribution in [3.05, 3.63) is 23.8 Å². The van der Waals surface area contributed by atoms with E-state index < -0.39 is 28.5 Å². The number of unbranched alkanes of at least 4 members (excludes halogenated alkanes) is 1. The molecule has 0 spiro atoms. The van der Waals surface area contributed by atoms with Gasteiger partial charge >= 0.3 is 13.1 Å². The lowest BCUT2D eigenvalue weighted by atomic mass is 9.77. The van der Waals surface area contributed by atoms with Crippen molar-refractivity contribution in [2.45, 2.75) is 56.0 Å². The molecule has 1 aromatic rings. The van der Waals surface area contributed by atoms with Gasteiger partial charge in [0.05, 0.1) is 4.90 Å². The van der Waals surface area contributed by atoms with Crippen molar-refractivity contribution in [1.82, 2.24) is 9.80 Å². The standard InChI is InChI=1S/C21H36BN3O6S/c1-3-4-8-21(23,20(26)27)9-5-10-24-11-13-25(14-12-24)16-17-6-7-18(32(2,30)31)15-19(17)22(28)29/h6-7,15,28-29H,3-5,8-14,16,23H2,1-2H3,(H,26,27). The molecule has 1 atom stereocenters. The Morgan fingerprint density at radius 2 is 1.72 bits per heavy atom. The summed E-state index contributed by atoms with van der Waals surface area (Å²) in [5.74, 6) is -0.931. The van der Waals surface area contributed by atoms with Gasteiger partial charge in [-0.15, -0.1) is 0 Å². The molecule has 5 N–H and O–H groups in total. The molecule has 0 aromatic heterocycles. The second-order valence-corrected chi connectivity index (χ2v) is 10.8. The second kappa shape index (κ2) is 11.6. The van der Waals surface area contributed by atoms with E-state index in [2.05, 4.69) is 9.80 Å². The molecule has 9 nitrogen and oxygen atoms in total. The Balaban J connectivity index is 1.88. The monoisotopic (exact) mass is 469 g/mol. The van der Waals surface area contributed by atoms with E-state index in [4.69, 9.17) is 5.73 Å². The minimum absolute atomic E-state index is 0.0606. The third-order valence-electron chi connectivity index (χ3n) is 6.18. The quantitative estimate of drug-likeness (QED) is 0.302. The SMILES string of the molecule is CCCCC(N)(CCCN1CCN(Cc2ccc(S(C)(=O)=O)cc2B(O)O)CC1)C(=O)O. The molecular formula is C21H36BN3O6S. The van der Waals surface area contributed by atoms with E-state index >= 15 is 0 Å². The van der Waals surface area contributed by atoms with E-state index in [-0.39, 0.29) is 10.4 Å². The Labute approximate surface area is 191 Å². The molecule has 2 rings (SSSR count). The van der Waals surface area contributed by atoms with Crippen LogP contribution in [0.1, 0.15) is 44.6 Å². The molecule has 11 heteroatoms. The zero-order valence-corrected chi connectivity index (χ0v) is 19.9. The third-order valence-corrected chi connectivity index (χ3v) is 7.29. The molecule has 0 radical (unpaired) electrons. The van der Waals surface area contributed by atoms with Gasteiger partial charge in [-0.05, 0) is 49.0 Å². The zero-order valence-electron chi connectivity index (χ0n) is 19.0. The first kappa shape index (κ1) is 26.8. The topological polar surface area (TPSA) is 144 Å². The summed E-state index contributed by atoms with van der Waals surface area (Å²) in [5.41, 5.74) is 5.86. The summed E-state index contributed by atoms with van der Waals surface area (Å²) in [7, 11) is -5.18. The molecule has 1 aliphatic heterocycles. The maximum atomic E-state index is 11.8. The smallest absolute Gasteiger partial charge is 0.480 e. The van der Waals surface area contributed by atoms with E-state index in [0.717, 1.165) is 58.2 Å². The van der Waals surface area contributed by atoms with Crippen molar-refractivity contribution < 1.29 is 28.4 Å². The highest BCUT2D eigenvalue weighted by Crippen LogP contribution is 2.19. The molecule has 1 unspecified atom stereocenters. The van der Waals surface area contributed by atoms with Gasteiger partial charge in [0.2, 0.25) is 0 Å². The summed E-state index contributed by atoms with van der Waals surface area (Å²) in [5, 5.41) is 28.9. The Morgan fingerprint density at radius 1 is 1.12 bits per heavy atom. The van der Waals surface area contributed by atoms with E-state index in [1.54, 1.807) is 6.07 Å². The highest BCUT2D eigenvalue weighted by atomic mass is 32.2. The first-order valence-electron chi connectivity index (χ1n) is 11.1. The highest BCUT2D eigenvalue weighted by Gasteiger charge is 2.33. The summed E-state index contributed by atoms with van der Waals surface area (Å²) < 4.78 is 23.5. The molecule has 180 valence electrons. The van der Waals surface area contributed by atoms with Crippen LogP contribution in [0.15, 0.2) is 23.1 Å². The van der Waals surface area contributed by atoms with Crippen molar-refractivity contribution in [1.29, 1.82) is 0 Å². The summed E-state index contributed by atoms with van der Waals surface area (Å²) in [6.45, 7) is 6.49. The number of carboxylic acid groups (broad SMARTS) is 1. The zero-order chi connectivity index (χ0) is 23.9. The average Bonchev–Trinajstić information content (AvgIpc) is 2.72. The number of nitrogens with two attached hydrogens (primary N) is 1. The van der Waals surface area contributed by atoms with Gasteiger partial charge in [-0.2, -0.15) is 0 Å². The number of nitrogens with zero attached hydrogens (tertiary/aromatic N) is 2. The maximum Gasteiger partial charge on any atom is 0.488 e. The van der Waals surface area contributed by atoms with Gasteiger partial charge in [0.25, 0.3) is 0 Å². The average molecular weight is 469 g/mol. The molecule has 32 heavy (non-hydrogen) atoms. The number of carbonyl (C=O) groups is 1. The van der Waals surface area contributed by atoms with E-state index in [9.17, 15) is 28.4 Å². The van der Waals surface area contributed by atoms with Crippen molar-refractivity contribution in [3.8, 4) is 0 Å². The number of sulfone groups is 1. The summed E-state index contributed by atoms with van der Waals surface area (Å²) in [4.78, 5) is 16.1. The van der Waals surface area contributed by atoms with Crippen LogP contribution in [0.3, 0.4) is 0 Å². The molecule has 0 amide bonds. The van der Waals surface area contributed by atoms with Crippen LogP contribution in [0.2, 0.25) is 0 Å². The van der Waals surface area contributed by atoms with Gasteiger partial charge < -0.3 is 25.8 Å². The lowest BCUT2D eigenvalue weighted by Crippen LogP contribution is -2.49. The highest BCUT2D eigenvalue weighted by molar-refractivity contribution is 7.90. The normalized spacial score (nSPS) is 17.8. The summed E-state index contributed by atoms with van der Waals surface area (Å²) in [6.07, 6.45) is 4.47. The molecule has 0 saturated carbocycles. The number of carboxylic acids is 1. The van der Waals surface area contributed by atoms with Crippen LogP contribution in [0, 0.1) is 0 Å². The van der Waals surface area contributed by atoms with Gasteiger partial charge in [-0.25, -0.2) is 8.42 Å². The predicted octanol–water partition coefficient (Wildman–Crippen LogP) is -0.360. The Kier molecular flexibility index (Phi) is 9.68. The van der Waals surface area contributed by atoms with Gasteiger partial charge in [0.15, 0.2) is 9.84 Å². The van der Waals surface area contributed by atoms with Crippen LogP contribution < -0.4 is 11.2 Å². The second-order valence-electron chi connectivity index (χ2n) is 8.79. The van der Waals surface area contributed by atoms with Crippen LogP contribution in [-0.4, -0.2) is 91.0 Å². The van der Waals surface area contributed by atoms with Crippen LogP contribution in [-0.2, 0) is 21.2 Å². The van der Waals surface area contributed by atoms with Gasteiger partial charge in [-0.1, -0.05) is 25.8 Å². The lowest BCUT2D eigenvalue weighted by molar-refractivity contribution is -0.144. The fraction of sp³-hybridized carbons (Fsp3) is 0.667. The van der Waals surface area contributed by atoms with Crippen LogP contribution in [0.5, 0.6) is 0 Å². The largest absolute Gasteiger partial charge is 0.488 e. The number of piperazine rings is 1. The Morgan fingerprint density at radius 3 is 2.25 bits per heavy atom. The number of hydrogen-bond acceptors (Lipinski definition) is 8. The Hall–Kier alpha value is -1.50. The third kappa shape index (κ3) is 7.53. The summed E-state index contributed by atoms with van der Waals surface area (Å²) in [6, 6.07) is 4.46. The molecule has 1 aromatic carbocycles.